The molecule has 2 aromatic heterocycles. The molecule has 268 valence electrons. The maximum absolute atomic E-state index is 6.58. The van der Waals surface area contributed by atoms with Gasteiger partial charge in [0.25, 0.3) is 0 Å². The molecule has 0 unspecified atom stereocenters. The van der Waals surface area contributed by atoms with Crippen molar-refractivity contribution in [3.05, 3.63) is 218 Å². The van der Waals surface area contributed by atoms with Gasteiger partial charge in [0.15, 0.2) is 5.58 Å². The normalized spacial score (nSPS) is 11.5. The number of benzene rings is 9. The number of fused-ring (bicyclic) bond motifs is 6. The monoisotopic (exact) mass is 728 g/mol. The molecule has 57 heavy (non-hydrogen) atoms. The van der Waals surface area contributed by atoms with Crippen LogP contribution in [0.1, 0.15) is 0 Å². The minimum Gasteiger partial charge on any atom is -0.454 e. The number of nitrogens with zero attached hydrogens (tertiary/aromatic N) is 2. The van der Waals surface area contributed by atoms with Crippen molar-refractivity contribution < 1.29 is 4.42 Å². The van der Waals surface area contributed by atoms with Gasteiger partial charge < -0.3 is 13.9 Å². The molecular weight excluding hydrogens is 693 g/mol. The standard InChI is InChI=1S/C54H36N2O/c1-4-12-37(13-5-1)39-22-28-46(29-23-39)55(48-32-26-42-34-41(20-21-43(42)35-48)38-14-6-2-7-15-38)47-30-24-40(25-31-47)44-27-33-51-50(36-44)54-53(49-18-10-11-19-52(49)57-54)56(51)45-16-8-3-9-17-45/h1-36H. The fraction of sp³-hybridized carbons (Fsp3) is 0. The van der Waals surface area contributed by atoms with Gasteiger partial charge in [0, 0.05) is 33.5 Å². The summed E-state index contributed by atoms with van der Waals surface area (Å²) in [5.74, 6) is 0. The van der Waals surface area contributed by atoms with E-state index in [1.54, 1.807) is 0 Å². The molecule has 11 rings (SSSR count). The Balaban J connectivity index is 1.00. The van der Waals surface area contributed by atoms with Gasteiger partial charge in [-0.05, 0) is 123 Å². The van der Waals surface area contributed by atoms with E-state index in [0.29, 0.717) is 0 Å². The Hall–Kier alpha value is -7.62. The van der Waals surface area contributed by atoms with Gasteiger partial charge in [0.1, 0.15) is 11.1 Å². The second-order valence-electron chi connectivity index (χ2n) is 14.6. The van der Waals surface area contributed by atoms with Gasteiger partial charge in [-0.3, -0.25) is 0 Å². The lowest BCUT2D eigenvalue weighted by Gasteiger charge is -2.26. The average Bonchev–Trinajstić information content (AvgIpc) is 3.82. The van der Waals surface area contributed by atoms with Crippen LogP contribution in [0.15, 0.2) is 223 Å². The predicted octanol–water partition coefficient (Wildman–Crippen LogP) is 15.2. The van der Waals surface area contributed by atoms with E-state index in [2.05, 4.69) is 222 Å². The maximum atomic E-state index is 6.58. The molecule has 11 aromatic rings. The number of rotatable bonds is 7. The lowest BCUT2D eigenvalue weighted by molar-refractivity contribution is 0.673. The topological polar surface area (TPSA) is 21.3 Å². The van der Waals surface area contributed by atoms with E-state index in [0.717, 1.165) is 66.8 Å². The van der Waals surface area contributed by atoms with Crippen molar-refractivity contribution in [2.45, 2.75) is 0 Å². The van der Waals surface area contributed by atoms with Gasteiger partial charge in [-0.2, -0.15) is 0 Å². The summed E-state index contributed by atoms with van der Waals surface area (Å²) in [6.07, 6.45) is 0. The van der Waals surface area contributed by atoms with Crippen LogP contribution in [-0.2, 0) is 0 Å². The highest BCUT2D eigenvalue weighted by atomic mass is 16.3. The largest absolute Gasteiger partial charge is 0.454 e. The minimum atomic E-state index is 0.894. The quantitative estimate of drug-likeness (QED) is 0.163. The third kappa shape index (κ3) is 5.76. The number of hydrogen-bond acceptors (Lipinski definition) is 2. The molecule has 0 amide bonds. The smallest absolute Gasteiger partial charge is 0.161 e. The van der Waals surface area contributed by atoms with Gasteiger partial charge in [-0.25, -0.2) is 0 Å². The molecule has 0 radical (unpaired) electrons. The Morgan fingerprint density at radius 2 is 0.842 bits per heavy atom. The molecule has 0 saturated carbocycles. The lowest BCUT2D eigenvalue weighted by Crippen LogP contribution is -2.09. The molecule has 0 fully saturated rings. The van der Waals surface area contributed by atoms with Crippen LogP contribution in [-0.4, -0.2) is 4.57 Å². The van der Waals surface area contributed by atoms with Crippen LogP contribution in [0.5, 0.6) is 0 Å². The molecule has 0 bridgehead atoms. The van der Waals surface area contributed by atoms with Gasteiger partial charge in [-0.1, -0.05) is 140 Å². The van der Waals surface area contributed by atoms with E-state index in [-0.39, 0.29) is 0 Å². The van der Waals surface area contributed by atoms with Crippen molar-refractivity contribution in [1.29, 1.82) is 0 Å². The fourth-order valence-electron chi connectivity index (χ4n) is 8.36. The van der Waals surface area contributed by atoms with Gasteiger partial charge in [0.2, 0.25) is 0 Å². The van der Waals surface area contributed by atoms with Crippen LogP contribution in [0.2, 0.25) is 0 Å². The molecule has 9 aromatic carbocycles. The summed E-state index contributed by atoms with van der Waals surface area (Å²) < 4.78 is 8.91. The van der Waals surface area contributed by atoms with E-state index >= 15 is 0 Å². The van der Waals surface area contributed by atoms with E-state index in [9.17, 15) is 0 Å². The second kappa shape index (κ2) is 13.6. The van der Waals surface area contributed by atoms with Crippen LogP contribution < -0.4 is 4.90 Å². The first kappa shape index (κ1) is 32.8. The van der Waals surface area contributed by atoms with Crippen molar-refractivity contribution in [1.82, 2.24) is 4.57 Å². The Morgan fingerprint density at radius 1 is 0.351 bits per heavy atom. The lowest BCUT2D eigenvalue weighted by atomic mass is 10.00. The molecule has 0 saturated heterocycles. The zero-order chi connectivity index (χ0) is 37.7. The number of para-hydroxylation sites is 2. The van der Waals surface area contributed by atoms with E-state index < -0.39 is 0 Å². The zero-order valence-corrected chi connectivity index (χ0v) is 31.1. The average molecular weight is 729 g/mol. The number of hydrogen-bond donors (Lipinski definition) is 0. The van der Waals surface area contributed by atoms with E-state index in [1.165, 1.54) is 33.0 Å². The highest BCUT2D eigenvalue weighted by Gasteiger charge is 2.20. The predicted molar refractivity (Wildman–Crippen MR) is 239 cm³/mol. The van der Waals surface area contributed by atoms with Crippen molar-refractivity contribution in [3.63, 3.8) is 0 Å². The van der Waals surface area contributed by atoms with Crippen LogP contribution >= 0.6 is 0 Å². The van der Waals surface area contributed by atoms with Crippen LogP contribution in [0, 0.1) is 0 Å². The molecular formula is C54H36N2O. The molecule has 0 aliphatic heterocycles. The first-order chi connectivity index (χ1) is 28.2. The summed E-state index contributed by atoms with van der Waals surface area (Å²) in [4.78, 5) is 2.35. The highest BCUT2D eigenvalue weighted by molar-refractivity contribution is 6.17. The van der Waals surface area contributed by atoms with Gasteiger partial charge >= 0.3 is 0 Å². The molecule has 0 aliphatic carbocycles. The Kier molecular flexibility index (Phi) is 7.82. The number of furan rings is 1. The summed E-state index contributed by atoms with van der Waals surface area (Å²) in [5.41, 5.74) is 15.5. The molecule has 2 heterocycles. The summed E-state index contributed by atoms with van der Waals surface area (Å²) >= 11 is 0. The summed E-state index contributed by atoms with van der Waals surface area (Å²) in [6.45, 7) is 0. The summed E-state index contributed by atoms with van der Waals surface area (Å²) in [5, 5.41) is 4.62. The zero-order valence-electron chi connectivity index (χ0n) is 31.1. The molecule has 3 nitrogen and oxygen atoms in total. The van der Waals surface area contributed by atoms with E-state index in [1.807, 2.05) is 6.07 Å². The van der Waals surface area contributed by atoms with Crippen molar-refractivity contribution in [2.75, 3.05) is 4.90 Å². The van der Waals surface area contributed by atoms with Gasteiger partial charge in [-0.15, -0.1) is 0 Å². The molecule has 0 atom stereocenters. The maximum Gasteiger partial charge on any atom is 0.161 e. The number of anilines is 3. The Morgan fingerprint density at radius 3 is 1.54 bits per heavy atom. The highest BCUT2D eigenvalue weighted by Crippen LogP contribution is 2.42. The summed E-state index contributed by atoms with van der Waals surface area (Å²) in [7, 11) is 0. The third-order valence-corrected chi connectivity index (χ3v) is 11.2. The number of aromatic nitrogens is 1. The van der Waals surface area contributed by atoms with Crippen LogP contribution in [0.4, 0.5) is 17.1 Å². The summed E-state index contributed by atoms with van der Waals surface area (Å²) in [6, 6.07) is 78.1. The Labute approximate surface area is 330 Å². The first-order valence-corrected chi connectivity index (χ1v) is 19.4. The van der Waals surface area contributed by atoms with Crippen LogP contribution in [0.25, 0.3) is 82.8 Å². The van der Waals surface area contributed by atoms with Crippen molar-refractivity contribution >= 4 is 60.8 Å². The second-order valence-corrected chi connectivity index (χ2v) is 14.6. The van der Waals surface area contributed by atoms with Crippen molar-refractivity contribution in [3.8, 4) is 39.1 Å². The first-order valence-electron chi connectivity index (χ1n) is 19.4. The Bertz CT molecular complexity index is 3200. The fourth-order valence-corrected chi connectivity index (χ4v) is 8.36. The molecule has 0 aliphatic rings. The molecule has 0 spiro atoms. The molecule has 0 N–H and O–H groups in total. The molecule has 3 heteroatoms. The minimum absolute atomic E-state index is 0.894. The van der Waals surface area contributed by atoms with Crippen LogP contribution in [0.3, 0.4) is 0 Å². The third-order valence-electron chi connectivity index (χ3n) is 11.2. The van der Waals surface area contributed by atoms with Crippen molar-refractivity contribution in [2.24, 2.45) is 0 Å². The van der Waals surface area contributed by atoms with E-state index in [4.69, 9.17) is 4.42 Å². The SMILES string of the molecule is c1ccc(-c2ccc(N(c3ccc(-c4ccc5c(c4)c4oc6ccccc6c4n5-c4ccccc4)cc3)c3ccc4cc(-c5ccccc5)ccc4c3)cc2)cc1. The van der Waals surface area contributed by atoms with Gasteiger partial charge in [0.05, 0.1) is 5.52 Å².